The van der Waals surface area contributed by atoms with Gasteiger partial charge in [-0.05, 0) is 25.2 Å². The van der Waals surface area contributed by atoms with Crippen molar-refractivity contribution >= 4 is 18.2 Å². The Balaban J connectivity index is 2.20. The number of carbonyl (C=O) groups excluding carboxylic acids is 3. The summed E-state index contributed by atoms with van der Waals surface area (Å²) in [4.78, 5) is 33.5. The van der Waals surface area contributed by atoms with E-state index in [-0.39, 0.29) is 17.7 Å². The van der Waals surface area contributed by atoms with Crippen LogP contribution in [0.4, 0.5) is 4.79 Å². The predicted molar refractivity (Wildman–Crippen MR) is 52.0 cm³/mol. The van der Waals surface area contributed by atoms with Crippen LogP contribution in [0, 0.1) is 11.8 Å². The Bertz CT molecular complexity index is 325. The van der Waals surface area contributed by atoms with Crippen LogP contribution in [0.2, 0.25) is 0 Å². The molecule has 2 atom stereocenters. The predicted octanol–water partition coefficient (Wildman–Crippen LogP) is 0.200. The number of imide groups is 1. The molecular weight excluding hydrogens is 196 g/mol. The second kappa shape index (κ2) is 3.32. The third-order valence-electron chi connectivity index (χ3n) is 3.12. The van der Waals surface area contributed by atoms with E-state index in [0.29, 0.717) is 6.42 Å². The fourth-order valence-corrected chi connectivity index (χ4v) is 2.24. The molecule has 1 aliphatic carbocycles. The number of hydrogen-bond acceptors (Lipinski definition) is 3. The molecule has 82 valence electrons. The molecule has 2 aliphatic rings. The van der Waals surface area contributed by atoms with Crippen molar-refractivity contribution < 1.29 is 14.4 Å². The van der Waals surface area contributed by atoms with Gasteiger partial charge in [-0.3, -0.25) is 10.1 Å². The number of aldehydes is 1. The molecule has 0 bridgehead atoms. The van der Waals surface area contributed by atoms with Gasteiger partial charge in [0.05, 0.1) is 0 Å². The van der Waals surface area contributed by atoms with Crippen molar-refractivity contribution in [2.24, 2.45) is 11.8 Å². The molecule has 5 nitrogen and oxygen atoms in total. The molecule has 2 fully saturated rings. The van der Waals surface area contributed by atoms with Gasteiger partial charge in [0, 0.05) is 5.92 Å². The summed E-state index contributed by atoms with van der Waals surface area (Å²) in [5.41, 5.74) is -0.822. The van der Waals surface area contributed by atoms with E-state index in [2.05, 4.69) is 10.6 Å². The summed E-state index contributed by atoms with van der Waals surface area (Å²) in [5.74, 6) is -0.287. The Morgan fingerprint density at radius 3 is 2.60 bits per heavy atom. The maximum absolute atomic E-state index is 11.7. The molecule has 3 amide bonds. The highest BCUT2D eigenvalue weighted by Gasteiger charge is 2.56. The largest absolute Gasteiger partial charge is 0.323 e. The lowest BCUT2D eigenvalue weighted by Gasteiger charge is -2.27. The summed E-state index contributed by atoms with van der Waals surface area (Å²) in [7, 11) is 0. The lowest BCUT2D eigenvalue weighted by Crippen LogP contribution is -2.50. The summed E-state index contributed by atoms with van der Waals surface area (Å²) >= 11 is 0. The zero-order valence-electron chi connectivity index (χ0n) is 8.58. The van der Waals surface area contributed by atoms with Crippen LogP contribution >= 0.6 is 0 Å². The fraction of sp³-hybridized carbons (Fsp3) is 0.700. The van der Waals surface area contributed by atoms with Gasteiger partial charge in [0.1, 0.15) is 11.8 Å². The van der Waals surface area contributed by atoms with E-state index in [1.165, 1.54) is 0 Å². The Labute approximate surface area is 87.6 Å². The van der Waals surface area contributed by atoms with Gasteiger partial charge in [-0.25, -0.2) is 4.79 Å². The average molecular weight is 210 g/mol. The quantitative estimate of drug-likeness (QED) is 0.514. The topological polar surface area (TPSA) is 75.3 Å². The van der Waals surface area contributed by atoms with E-state index in [1.54, 1.807) is 6.92 Å². The van der Waals surface area contributed by atoms with Crippen LogP contribution in [0.15, 0.2) is 0 Å². The normalized spacial score (nSPS) is 32.1. The van der Waals surface area contributed by atoms with Crippen LogP contribution < -0.4 is 10.6 Å². The standard InChI is InChI=1S/C10H14N2O3/c1-6(5-13)4-10(7-2-3-7)8(14)11-9(15)12-10/h5-7H,2-4H2,1H3,(H2,11,12,14,15). The molecule has 2 unspecified atom stereocenters. The van der Waals surface area contributed by atoms with Crippen LogP contribution in [0.5, 0.6) is 0 Å². The number of urea groups is 1. The lowest BCUT2D eigenvalue weighted by molar-refractivity contribution is -0.125. The first-order valence-electron chi connectivity index (χ1n) is 5.17. The van der Waals surface area contributed by atoms with Gasteiger partial charge in [0.2, 0.25) is 0 Å². The van der Waals surface area contributed by atoms with Crippen LogP contribution in [-0.4, -0.2) is 23.8 Å². The maximum Gasteiger partial charge on any atom is 0.322 e. The van der Waals surface area contributed by atoms with Crippen molar-refractivity contribution in [2.45, 2.75) is 31.7 Å². The number of rotatable bonds is 4. The van der Waals surface area contributed by atoms with Crippen molar-refractivity contribution in [1.29, 1.82) is 0 Å². The van der Waals surface area contributed by atoms with E-state index in [4.69, 9.17) is 0 Å². The van der Waals surface area contributed by atoms with E-state index in [1.807, 2.05) is 0 Å². The number of hydrogen-bond donors (Lipinski definition) is 2. The second-order valence-electron chi connectivity index (χ2n) is 4.47. The highest BCUT2D eigenvalue weighted by Crippen LogP contribution is 2.44. The van der Waals surface area contributed by atoms with Gasteiger partial charge in [-0.2, -0.15) is 0 Å². The zero-order chi connectivity index (χ0) is 11.1. The minimum Gasteiger partial charge on any atom is -0.323 e. The van der Waals surface area contributed by atoms with Crippen LogP contribution in [0.25, 0.3) is 0 Å². The van der Waals surface area contributed by atoms with E-state index in [0.717, 1.165) is 19.1 Å². The minimum atomic E-state index is -0.822. The molecule has 2 rings (SSSR count). The van der Waals surface area contributed by atoms with Crippen LogP contribution in [-0.2, 0) is 9.59 Å². The molecule has 1 aliphatic heterocycles. The smallest absolute Gasteiger partial charge is 0.322 e. The second-order valence-corrected chi connectivity index (χ2v) is 4.47. The molecule has 0 aromatic heterocycles. The highest BCUT2D eigenvalue weighted by molar-refractivity contribution is 6.07. The Morgan fingerprint density at radius 2 is 2.20 bits per heavy atom. The van der Waals surface area contributed by atoms with E-state index >= 15 is 0 Å². The molecule has 1 heterocycles. The minimum absolute atomic E-state index is 0.200. The number of nitrogens with one attached hydrogen (secondary N) is 2. The molecule has 0 aromatic carbocycles. The van der Waals surface area contributed by atoms with Gasteiger partial charge in [0.25, 0.3) is 5.91 Å². The van der Waals surface area contributed by atoms with Gasteiger partial charge in [-0.15, -0.1) is 0 Å². The van der Waals surface area contributed by atoms with Gasteiger partial charge < -0.3 is 10.1 Å². The molecule has 1 saturated heterocycles. The Kier molecular flexibility index (Phi) is 2.25. The maximum atomic E-state index is 11.7. The van der Waals surface area contributed by atoms with E-state index < -0.39 is 11.6 Å². The third-order valence-corrected chi connectivity index (χ3v) is 3.12. The summed E-state index contributed by atoms with van der Waals surface area (Å²) in [6.07, 6.45) is 3.11. The molecule has 0 spiro atoms. The van der Waals surface area contributed by atoms with Crippen molar-refractivity contribution in [2.75, 3.05) is 0 Å². The Morgan fingerprint density at radius 1 is 1.53 bits per heavy atom. The summed E-state index contributed by atoms with van der Waals surface area (Å²) in [6, 6.07) is -0.440. The summed E-state index contributed by atoms with van der Waals surface area (Å²) in [6.45, 7) is 1.76. The first-order valence-corrected chi connectivity index (χ1v) is 5.17. The van der Waals surface area contributed by atoms with E-state index in [9.17, 15) is 14.4 Å². The summed E-state index contributed by atoms with van der Waals surface area (Å²) in [5, 5.41) is 4.94. The van der Waals surface area contributed by atoms with Crippen molar-refractivity contribution in [3.05, 3.63) is 0 Å². The summed E-state index contributed by atoms with van der Waals surface area (Å²) < 4.78 is 0. The first-order chi connectivity index (χ1) is 7.08. The molecule has 0 radical (unpaired) electrons. The van der Waals surface area contributed by atoms with Crippen molar-refractivity contribution in [1.82, 2.24) is 10.6 Å². The van der Waals surface area contributed by atoms with Gasteiger partial charge in [0.15, 0.2) is 0 Å². The highest BCUT2D eigenvalue weighted by atomic mass is 16.2. The Hall–Kier alpha value is -1.39. The molecule has 2 N–H and O–H groups in total. The van der Waals surface area contributed by atoms with Gasteiger partial charge in [-0.1, -0.05) is 6.92 Å². The number of carbonyl (C=O) groups is 3. The molecule has 0 aromatic rings. The van der Waals surface area contributed by atoms with Crippen molar-refractivity contribution in [3.63, 3.8) is 0 Å². The molecule has 5 heteroatoms. The van der Waals surface area contributed by atoms with Crippen LogP contribution in [0.3, 0.4) is 0 Å². The van der Waals surface area contributed by atoms with Crippen LogP contribution in [0.1, 0.15) is 26.2 Å². The molecule has 15 heavy (non-hydrogen) atoms. The first kappa shape index (κ1) is 10.1. The molecule has 1 saturated carbocycles. The third kappa shape index (κ3) is 1.62. The lowest BCUT2D eigenvalue weighted by atomic mass is 9.84. The fourth-order valence-electron chi connectivity index (χ4n) is 2.24. The van der Waals surface area contributed by atoms with Gasteiger partial charge >= 0.3 is 6.03 Å². The zero-order valence-corrected chi connectivity index (χ0v) is 8.58. The van der Waals surface area contributed by atoms with Crippen molar-refractivity contribution in [3.8, 4) is 0 Å². The monoisotopic (exact) mass is 210 g/mol. The SMILES string of the molecule is CC(C=O)CC1(C2CC2)NC(=O)NC1=O. The number of amides is 3. The molecular formula is C10H14N2O3. The average Bonchev–Trinajstić information content (AvgIpc) is 2.96.